The highest BCUT2D eigenvalue weighted by Gasteiger charge is 2.20. The van der Waals surface area contributed by atoms with Gasteiger partial charge in [-0.1, -0.05) is 36.4 Å². The summed E-state index contributed by atoms with van der Waals surface area (Å²) in [5.74, 6) is 0. The molecule has 0 unspecified atom stereocenters. The van der Waals surface area contributed by atoms with Crippen LogP contribution in [0.4, 0.5) is 0 Å². The zero-order valence-electron chi connectivity index (χ0n) is 13.0. The van der Waals surface area contributed by atoms with E-state index in [0.717, 1.165) is 18.5 Å². The zero-order valence-corrected chi connectivity index (χ0v) is 13.0. The second kappa shape index (κ2) is 4.10. The monoisotopic (exact) mass is 286 g/mol. The molecular formula is C20H18N2. The van der Waals surface area contributed by atoms with Gasteiger partial charge in [-0.15, -0.1) is 0 Å². The average Bonchev–Trinajstić information content (AvgIpc) is 2.74. The van der Waals surface area contributed by atoms with Crippen LogP contribution < -0.4 is 0 Å². The van der Waals surface area contributed by atoms with E-state index >= 15 is 0 Å². The van der Waals surface area contributed by atoms with Crippen molar-refractivity contribution in [1.82, 2.24) is 9.38 Å². The molecule has 2 heteroatoms. The van der Waals surface area contributed by atoms with Crippen LogP contribution in [0.1, 0.15) is 28.9 Å². The maximum Gasteiger partial charge on any atom is 0.145 e. The van der Waals surface area contributed by atoms with Gasteiger partial charge in [0.25, 0.3) is 0 Å². The topological polar surface area (TPSA) is 17.3 Å². The second-order valence-corrected chi connectivity index (χ2v) is 6.47. The smallest absolute Gasteiger partial charge is 0.145 e. The van der Waals surface area contributed by atoms with Crippen LogP contribution in [0.2, 0.25) is 0 Å². The number of rotatable bonds is 0. The van der Waals surface area contributed by atoms with Gasteiger partial charge in [0, 0.05) is 16.5 Å². The van der Waals surface area contributed by atoms with Crippen molar-refractivity contribution in [3.63, 3.8) is 0 Å². The van der Waals surface area contributed by atoms with Crippen LogP contribution in [-0.2, 0) is 12.8 Å². The first-order chi connectivity index (χ1) is 10.8. The zero-order chi connectivity index (χ0) is 14.8. The summed E-state index contributed by atoms with van der Waals surface area (Å²) in [7, 11) is 0. The molecule has 4 aromatic rings. The Kier molecular flexibility index (Phi) is 2.28. The minimum Gasteiger partial charge on any atom is -0.296 e. The molecule has 0 N–H and O–H groups in total. The molecule has 0 spiro atoms. The summed E-state index contributed by atoms with van der Waals surface area (Å²) in [5, 5.41) is 4.01. The van der Waals surface area contributed by atoms with E-state index in [-0.39, 0.29) is 0 Å². The molecule has 5 rings (SSSR count). The van der Waals surface area contributed by atoms with Crippen molar-refractivity contribution in [3.8, 4) is 0 Å². The molecule has 1 aliphatic rings. The lowest BCUT2D eigenvalue weighted by Crippen LogP contribution is -1.97. The molecule has 0 bridgehead atoms. The molecule has 2 nitrogen and oxygen atoms in total. The van der Waals surface area contributed by atoms with E-state index in [2.05, 4.69) is 54.6 Å². The molecule has 0 radical (unpaired) electrons. The van der Waals surface area contributed by atoms with Crippen molar-refractivity contribution in [1.29, 1.82) is 0 Å². The molecule has 2 aromatic carbocycles. The van der Waals surface area contributed by atoms with E-state index in [4.69, 9.17) is 4.98 Å². The third kappa shape index (κ3) is 1.38. The van der Waals surface area contributed by atoms with Gasteiger partial charge in [-0.2, -0.15) is 0 Å². The summed E-state index contributed by atoms with van der Waals surface area (Å²) in [5.41, 5.74) is 7.93. The number of nitrogens with zero attached hydrogens (tertiary/aromatic N) is 2. The van der Waals surface area contributed by atoms with E-state index < -0.39 is 0 Å². The lowest BCUT2D eigenvalue weighted by Gasteiger charge is -2.13. The van der Waals surface area contributed by atoms with Crippen LogP contribution in [0.3, 0.4) is 0 Å². The summed E-state index contributed by atoms with van der Waals surface area (Å²) in [4.78, 5) is 4.93. The van der Waals surface area contributed by atoms with Crippen molar-refractivity contribution in [2.24, 2.45) is 0 Å². The second-order valence-electron chi connectivity index (χ2n) is 6.47. The van der Waals surface area contributed by atoms with Gasteiger partial charge in [0.1, 0.15) is 5.65 Å². The Morgan fingerprint density at radius 2 is 1.77 bits per heavy atom. The quantitative estimate of drug-likeness (QED) is 0.426. The normalized spacial score (nSPS) is 14.3. The number of aromatic nitrogens is 2. The van der Waals surface area contributed by atoms with Crippen LogP contribution >= 0.6 is 0 Å². The van der Waals surface area contributed by atoms with Gasteiger partial charge < -0.3 is 0 Å². The van der Waals surface area contributed by atoms with Crippen LogP contribution in [0.25, 0.3) is 27.3 Å². The molecule has 108 valence electrons. The third-order valence-corrected chi connectivity index (χ3v) is 5.16. The van der Waals surface area contributed by atoms with Crippen molar-refractivity contribution < 1.29 is 0 Å². The number of fused-ring (bicyclic) bond motifs is 3. The summed E-state index contributed by atoms with van der Waals surface area (Å²) < 4.78 is 2.45. The first kappa shape index (κ1) is 12.2. The van der Waals surface area contributed by atoms with Crippen molar-refractivity contribution in [3.05, 3.63) is 58.9 Å². The fraction of sp³-hybridized carbons (Fsp3) is 0.250. The summed E-state index contributed by atoms with van der Waals surface area (Å²) in [6, 6.07) is 13.3. The number of pyridine rings is 1. The molecular weight excluding hydrogens is 268 g/mol. The summed E-state index contributed by atoms with van der Waals surface area (Å²) in [6.07, 6.45) is 3.48. The number of imidazole rings is 1. The molecule has 0 atom stereocenters. The van der Waals surface area contributed by atoms with E-state index in [1.54, 1.807) is 0 Å². The molecule has 3 heterocycles. The Morgan fingerprint density at radius 3 is 2.64 bits per heavy atom. The van der Waals surface area contributed by atoms with E-state index in [9.17, 15) is 0 Å². The first-order valence-corrected chi connectivity index (χ1v) is 8.06. The largest absolute Gasteiger partial charge is 0.296 e. The lowest BCUT2D eigenvalue weighted by molar-refractivity contribution is 0.813. The highest BCUT2D eigenvalue weighted by atomic mass is 15.0. The minimum absolute atomic E-state index is 1.12. The SMILES string of the molecule is Cc1nc2c3ccccc3c3c(C)ccc4c3n2c1CCC4. The molecule has 0 fully saturated rings. The summed E-state index contributed by atoms with van der Waals surface area (Å²) in [6.45, 7) is 4.38. The van der Waals surface area contributed by atoms with Crippen molar-refractivity contribution >= 4 is 27.3 Å². The maximum absolute atomic E-state index is 4.93. The van der Waals surface area contributed by atoms with Gasteiger partial charge in [-0.3, -0.25) is 4.40 Å². The molecule has 2 aromatic heterocycles. The molecule has 0 amide bonds. The first-order valence-electron chi connectivity index (χ1n) is 8.06. The van der Waals surface area contributed by atoms with Crippen LogP contribution in [0, 0.1) is 13.8 Å². The summed E-state index contributed by atoms with van der Waals surface area (Å²) >= 11 is 0. The van der Waals surface area contributed by atoms with Crippen molar-refractivity contribution in [2.75, 3.05) is 0 Å². The fourth-order valence-electron chi connectivity index (χ4n) is 4.15. The highest BCUT2D eigenvalue weighted by Crippen LogP contribution is 2.36. The van der Waals surface area contributed by atoms with E-state index in [1.807, 2.05) is 0 Å². The van der Waals surface area contributed by atoms with Crippen LogP contribution in [0.5, 0.6) is 0 Å². The lowest BCUT2D eigenvalue weighted by atomic mass is 9.97. The van der Waals surface area contributed by atoms with Gasteiger partial charge in [0.05, 0.1) is 11.2 Å². The van der Waals surface area contributed by atoms with Gasteiger partial charge in [-0.25, -0.2) is 4.98 Å². The molecule has 22 heavy (non-hydrogen) atoms. The van der Waals surface area contributed by atoms with Gasteiger partial charge >= 0.3 is 0 Å². The van der Waals surface area contributed by atoms with Crippen LogP contribution in [0.15, 0.2) is 36.4 Å². The molecule has 0 aliphatic carbocycles. The minimum atomic E-state index is 1.12. The van der Waals surface area contributed by atoms with E-state index in [1.165, 1.54) is 50.6 Å². The Morgan fingerprint density at radius 1 is 0.955 bits per heavy atom. The number of hydrogen-bond acceptors (Lipinski definition) is 1. The number of hydrogen-bond donors (Lipinski definition) is 0. The average molecular weight is 286 g/mol. The Hall–Kier alpha value is -2.35. The van der Waals surface area contributed by atoms with Crippen LogP contribution in [-0.4, -0.2) is 9.38 Å². The third-order valence-electron chi connectivity index (χ3n) is 5.16. The fourth-order valence-corrected chi connectivity index (χ4v) is 4.15. The van der Waals surface area contributed by atoms with Gasteiger partial charge in [-0.05, 0) is 49.6 Å². The predicted octanol–water partition coefficient (Wildman–Crippen LogP) is 4.75. The Labute approximate surface area is 129 Å². The van der Waals surface area contributed by atoms with Gasteiger partial charge in [0.2, 0.25) is 0 Å². The molecule has 0 saturated carbocycles. The standard InChI is InChI=1S/C20H18N2/c1-12-10-11-14-6-5-9-17-13(2)21-20-16-8-4-3-7-15(16)18(12)19(14)22(17)20/h3-4,7-8,10-11H,5-6,9H2,1-2H3. The number of benzene rings is 2. The Balaban J connectivity index is 2.24. The number of aryl methyl sites for hydroxylation is 4. The molecule has 1 aliphatic heterocycles. The molecule has 0 saturated heterocycles. The highest BCUT2D eigenvalue weighted by molar-refractivity contribution is 6.13. The predicted molar refractivity (Wildman–Crippen MR) is 91.7 cm³/mol. The van der Waals surface area contributed by atoms with Crippen molar-refractivity contribution in [2.45, 2.75) is 33.1 Å². The van der Waals surface area contributed by atoms with Gasteiger partial charge in [0.15, 0.2) is 0 Å². The maximum atomic E-state index is 4.93. The Bertz CT molecular complexity index is 1070. The van der Waals surface area contributed by atoms with E-state index in [0.29, 0.717) is 0 Å².